The highest BCUT2D eigenvalue weighted by Gasteiger charge is 2.31. The number of halogens is 1. The van der Waals surface area contributed by atoms with Crippen molar-refractivity contribution < 1.29 is 5.11 Å². The molecule has 0 bridgehead atoms. The van der Waals surface area contributed by atoms with Crippen LogP contribution in [0.3, 0.4) is 0 Å². The van der Waals surface area contributed by atoms with E-state index in [4.69, 9.17) is 11.6 Å². The van der Waals surface area contributed by atoms with Crippen LogP contribution in [0, 0.1) is 11.8 Å². The van der Waals surface area contributed by atoms with E-state index < -0.39 is 0 Å². The number of aliphatic hydroxyl groups is 1. The van der Waals surface area contributed by atoms with Gasteiger partial charge in [-0.1, -0.05) is 37.8 Å². The summed E-state index contributed by atoms with van der Waals surface area (Å²) in [6.45, 7) is 2.13. The lowest BCUT2D eigenvalue weighted by molar-refractivity contribution is 0.0560. The number of hydrogen-bond donors (Lipinski definition) is 1. The molecule has 78 valence electrons. The van der Waals surface area contributed by atoms with Crippen LogP contribution in [-0.2, 0) is 0 Å². The van der Waals surface area contributed by atoms with Crippen molar-refractivity contribution in [3.63, 3.8) is 0 Å². The van der Waals surface area contributed by atoms with E-state index in [0.29, 0.717) is 16.9 Å². The van der Waals surface area contributed by atoms with Crippen LogP contribution in [0.15, 0.2) is 11.4 Å². The summed E-state index contributed by atoms with van der Waals surface area (Å²) in [5.74, 6) is 1.04. The molecule has 2 rings (SSSR count). The summed E-state index contributed by atoms with van der Waals surface area (Å²) in [4.78, 5) is 0.936. The Morgan fingerprint density at radius 2 is 2.29 bits per heavy atom. The molecule has 1 aliphatic rings. The zero-order valence-corrected chi connectivity index (χ0v) is 9.81. The molecule has 1 N–H and O–H groups in total. The molecule has 0 amide bonds. The van der Waals surface area contributed by atoms with E-state index in [1.165, 1.54) is 19.3 Å². The van der Waals surface area contributed by atoms with Crippen LogP contribution in [-0.4, -0.2) is 5.11 Å². The molecule has 0 saturated heterocycles. The molecule has 2 unspecified atom stereocenters. The summed E-state index contributed by atoms with van der Waals surface area (Å²) in [6, 6.07) is 1.86. The Balaban J connectivity index is 2.07. The lowest BCUT2D eigenvalue weighted by atomic mass is 9.74. The Hall–Kier alpha value is -0.0500. The van der Waals surface area contributed by atoms with Gasteiger partial charge in [-0.15, -0.1) is 11.3 Å². The van der Waals surface area contributed by atoms with Crippen LogP contribution >= 0.6 is 22.9 Å². The first kappa shape index (κ1) is 10.5. The van der Waals surface area contributed by atoms with Crippen molar-refractivity contribution in [2.24, 2.45) is 11.8 Å². The van der Waals surface area contributed by atoms with Crippen molar-refractivity contribution >= 4 is 22.9 Å². The second kappa shape index (κ2) is 4.21. The van der Waals surface area contributed by atoms with Gasteiger partial charge in [-0.25, -0.2) is 0 Å². The van der Waals surface area contributed by atoms with Crippen LogP contribution in [0.25, 0.3) is 0 Å². The zero-order valence-electron chi connectivity index (χ0n) is 8.24. The zero-order chi connectivity index (χ0) is 10.1. The molecule has 1 aromatic heterocycles. The quantitative estimate of drug-likeness (QED) is 0.836. The monoisotopic (exact) mass is 230 g/mol. The van der Waals surface area contributed by atoms with Crippen molar-refractivity contribution in [1.29, 1.82) is 0 Å². The summed E-state index contributed by atoms with van der Waals surface area (Å²) in [5, 5.41) is 12.8. The Labute approximate surface area is 93.7 Å². The number of aliphatic hydroxyl groups excluding tert-OH is 1. The first-order valence-electron chi connectivity index (χ1n) is 5.11. The molecule has 1 saturated carbocycles. The molecule has 0 aromatic carbocycles. The Morgan fingerprint density at radius 3 is 2.71 bits per heavy atom. The maximum absolute atomic E-state index is 10.1. The minimum atomic E-state index is -0.368. The van der Waals surface area contributed by atoms with Gasteiger partial charge in [0.25, 0.3) is 0 Å². The maximum atomic E-state index is 10.1. The van der Waals surface area contributed by atoms with E-state index in [1.54, 1.807) is 11.3 Å². The van der Waals surface area contributed by atoms with Crippen LogP contribution in [0.5, 0.6) is 0 Å². The van der Waals surface area contributed by atoms with Gasteiger partial charge in [0.2, 0.25) is 0 Å². The van der Waals surface area contributed by atoms with Gasteiger partial charge in [0.05, 0.1) is 16.0 Å². The Bertz CT molecular complexity index is 306. The van der Waals surface area contributed by atoms with Gasteiger partial charge in [-0.05, 0) is 23.3 Å². The first-order valence-corrected chi connectivity index (χ1v) is 6.37. The summed E-state index contributed by atoms with van der Waals surface area (Å²) < 4.78 is 0. The van der Waals surface area contributed by atoms with Gasteiger partial charge in [0.15, 0.2) is 0 Å². The largest absolute Gasteiger partial charge is 0.387 e. The van der Waals surface area contributed by atoms with Gasteiger partial charge in [0.1, 0.15) is 0 Å². The number of thiophene rings is 1. The molecule has 1 heterocycles. The van der Waals surface area contributed by atoms with Gasteiger partial charge < -0.3 is 5.11 Å². The van der Waals surface area contributed by atoms with Crippen LogP contribution < -0.4 is 0 Å². The Morgan fingerprint density at radius 1 is 1.57 bits per heavy atom. The predicted octanol–water partition coefficient (Wildman–Crippen LogP) is 3.87. The summed E-state index contributed by atoms with van der Waals surface area (Å²) in [6.07, 6.45) is 3.48. The highest BCUT2D eigenvalue weighted by atomic mass is 35.5. The fraction of sp³-hybridized carbons (Fsp3) is 0.636. The highest BCUT2D eigenvalue weighted by molar-refractivity contribution is 7.10. The summed E-state index contributed by atoms with van der Waals surface area (Å²) >= 11 is 7.55. The van der Waals surface area contributed by atoms with Crippen LogP contribution in [0.2, 0.25) is 5.02 Å². The third kappa shape index (κ3) is 1.83. The molecule has 2 atom stereocenters. The van der Waals surface area contributed by atoms with E-state index in [2.05, 4.69) is 6.92 Å². The predicted molar refractivity (Wildman–Crippen MR) is 60.8 cm³/mol. The maximum Gasteiger partial charge on any atom is 0.0924 e. The van der Waals surface area contributed by atoms with Gasteiger partial charge in [0, 0.05) is 0 Å². The van der Waals surface area contributed by atoms with E-state index in [1.807, 2.05) is 11.4 Å². The smallest absolute Gasteiger partial charge is 0.0924 e. The van der Waals surface area contributed by atoms with Gasteiger partial charge in [-0.3, -0.25) is 0 Å². The summed E-state index contributed by atoms with van der Waals surface area (Å²) in [5.41, 5.74) is 0. The molecule has 1 fully saturated rings. The molecule has 0 aliphatic heterocycles. The number of hydrogen-bond acceptors (Lipinski definition) is 2. The van der Waals surface area contributed by atoms with Crippen molar-refractivity contribution in [3.05, 3.63) is 21.3 Å². The average Bonchev–Trinajstić information content (AvgIpc) is 2.47. The van der Waals surface area contributed by atoms with E-state index in [9.17, 15) is 5.11 Å². The molecular formula is C11H15ClOS. The highest BCUT2D eigenvalue weighted by Crippen LogP contribution is 2.42. The van der Waals surface area contributed by atoms with E-state index >= 15 is 0 Å². The third-order valence-corrected chi connectivity index (χ3v) is 4.73. The molecule has 3 heteroatoms. The minimum absolute atomic E-state index is 0.347. The molecule has 1 aromatic rings. The normalized spacial score (nSPS) is 21.6. The van der Waals surface area contributed by atoms with Crippen LogP contribution in [0.4, 0.5) is 0 Å². The average molecular weight is 231 g/mol. The van der Waals surface area contributed by atoms with Crippen molar-refractivity contribution in [1.82, 2.24) is 0 Å². The minimum Gasteiger partial charge on any atom is -0.387 e. The van der Waals surface area contributed by atoms with E-state index in [-0.39, 0.29) is 6.10 Å². The van der Waals surface area contributed by atoms with Crippen LogP contribution in [0.1, 0.15) is 37.2 Å². The second-order valence-electron chi connectivity index (χ2n) is 4.13. The van der Waals surface area contributed by atoms with Crippen molar-refractivity contribution in [2.75, 3.05) is 0 Å². The van der Waals surface area contributed by atoms with Gasteiger partial charge in [-0.2, -0.15) is 0 Å². The first-order chi connectivity index (χ1) is 6.70. The lowest BCUT2D eigenvalue weighted by Gasteiger charge is -2.34. The molecule has 1 aliphatic carbocycles. The van der Waals surface area contributed by atoms with Crippen molar-refractivity contribution in [3.8, 4) is 0 Å². The fourth-order valence-electron chi connectivity index (χ4n) is 1.98. The van der Waals surface area contributed by atoms with Gasteiger partial charge >= 0.3 is 0 Å². The standard InChI is InChI=1S/C11H15ClOS/c1-7(8-3-2-4-8)10(13)11-9(12)5-6-14-11/h5-8,10,13H,2-4H2,1H3. The lowest BCUT2D eigenvalue weighted by Crippen LogP contribution is -2.24. The second-order valence-corrected chi connectivity index (χ2v) is 5.48. The topological polar surface area (TPSA) is 20.2 Å². The van der Waals surface area contributed by atoms with E-state index in [0.717, 1.165) is 4.88 Å². The molecule has 0 spiro atoms. The molecule has 1 nitrogen and oxygen atoms in total. The molecule has 0 radical (unpaired) electrons. The summed E-state index contributed by atoms with van der Waals surface area (Å²) in [7, 11) is 0. The van der Waals surface area contributed by atoms with Crippen molar-refractivity contribution in [2.45, 2.75) is 32.3 Å². The fourth-order valence-corrected chi connectivity index (χ4v) is 3.25. The number of rotatable bonds is 3. The third-order valence-electron chi connectivity index (χ3n) is 3.30. The Kier molecular flexibility index (Phi) is 3.15. The molecular weight excluding hydrogens is 216 g/mol. The molecule has 14 heavy (non-hydrogen) atoms. The SMILES string of the molecule is CC(C1CCC1)C(O)c1sccc1Cl.